The summed E-state index contributed by atoms with van der Waals surface area (Å²) >= 11 is 1.24. The van der Waals surface area contributed by atoms with Gasteiger partial charge in [-0.1, -0.05) is 12.1 Å². The molecular formula is C14H16N2O4S. The predicted molar refractivity (Wildman–Crippen MR) is 79.2 cm³/mol. The first-order valence-electron chi connectivity index (χ1n) is 6.26. The quantitative estimate of drug-likeness (QED) is 0.662. The fourth-order valence-electron chi connectivity index (χ4n) is 1.42. The van der Waals surface area contributed by atoms with E-state index in [1.165, 1.54) is 11.8 Å². The number of hydrogen-bond donors (Lipinski definition) is 2. The van der Waals surface area contributed by atoms with Gasteiger partial charge >= 0.3 is 5.97 Å². The maximum absolute atomic E-state index is 11.5. The van der Waals surface area contributed by atoms with E-state index in [4.69, 9.17) is 15.1 Å². The molecular weight excluding hydrogens is 292 g/mol. The van der Waals surface area contributed by atoms with E-state index in [0.29, 0.717) is 24.5 Å². The van der Waals surface area contributed by atoms with Crippen molar-refractivity contribution in [1.29, 1.82) is 5.26 Å². The molecule has 0 heterocycles. The second-order valence-corrected chi connectivity index (χ2v) is 5.17. The van der Waals surface area contributed by atoms with Crippen LogP contribution in [-0.4, -0.2) is 41.6 Å². The van der Waals surface area contributed by atoms with Crippen LogP contribution in [0.1, 0.15) is 5.56 Å². The van der Waals surface area contributed by atoms with Gasteiger partial charge in [0.2, 0.25) is 0 Å². The number of nitrogens with one attached hydrogen (secondary N) is 1. The molecule has 7 heteroatoms. The van der Waals surface area contributed by atoms with Gasteiger partial charge in [-0.3, -0.25) is 9.59 Å². The highest BCUT2D eigenvalue weighted by Gasteiger charge is 2.03. The number of hydrogen-bond acceptors (Lipinski definition) is 5. The highest BCUT2D eigenvalue weighted by atomic mass is 32.2. The molecule has 0 saturated heterocycles. The summed E-state index contributed by atoms with van der Waals surface area (Å²) in [5.41, 5.74) is 0.893. The first-order chi connectivity index (χ1) is 10.1. The maximum Gasteiger partial charge on any atom is 0.313 e. The van der Waals surface area contributed by atoms with Gasteiger partial charge in [-0.2, -0.15) is 5.26 Å². The van der Waals surface area contributed by atoms with E-state index in [-0.39, 0.29) is 18.3 Å². The molecule has 0 bridgehead atoms. The van der Waals surface area contributed by atoms with Gasteiger partial charge in [0.05, 0.1) is 18.2 Å². The number of carboxylic acid groups (broad SMARTS) is 1. The van der Waals surface area contributed by atoms with E-state index in [1.54, 1.807) is 24.3 Å². The van der Waals surface area contributed by atoms with Crippen molar-refractivity contribution in [3.63, 3.8) is 0 Å². The summed E-state index contributed by atoms with van der Waals surface area (Å²) in [6.07, 6.45) is 0.342. The van der Waals surface area contributed by atoms with Crippen molar-refractivity contribution < 1.29 is 19.4 Å². The molecule has 0 radical (unpaired) electrons. The first kappa shape index (κ1) is 16.9. The van der Waals surface area contributed by atoms with Gasteiger partial charge in [0.15, 0.2) is 6.61 Å². The Hall–Kier alpha value is -2.20. The second kappa shape index (κ2) is 9.66. The molecule has 0 aliphatic carbocycles. The summed E-state index contributed by atoms with van der Waals surface area (Å²) < 4.78 is 5.30. The number of carbonyl (C=O) groups is 2. The van der Waals surface area contributed by atoms with E-state index >= 15 is 0 Å². The van der Waals surface area contributed by atoms with Crippen LogP contribution in [0.5, 0.6) is 5.75 Å². The fourth-order valence-corrected chi connectivity index (χ4v) is 1.98. The standard InChI is InChI=1S/C14H16N2O4S/c15-6-5-11-1-3-12(4-2-11)20-9-13(17)16-7-8-21-10-14(18)19/h1-4H,5,7-10H2,(H,16,17)(H,18,19). The monoisotopic (exact) mass is 308 g/mol. The van der Waals surface area contributed by atoms with Crippen molar-refractivity contribution in [2.45, 2.75) is 6.42 Å². The molecule has 0 aliphatic rings. The third-order valence-electron chi connectivity index (χ3n) is 2.37. The Labute approximate surface area is 127 Å². The number of aliphatic carboxylic acids is 1. The summed E-state index contributed by atoms with van der Waals surface area (Å²) in [5, 5.41) is 19.6. The van der Waals surface area contributed by atoms with Gasteiger partial charge in [0.1, 0.15) is 5.75 Å². The molecule has 0 unspecified atom stereocenters. The topological polar surface area (TPSA) is 99.4 Å². The Morgan fingerprint density at radius 3 is 2.67 bits per heavy atom. The number of nitrogens with zero attached hydrogens (tertiary/aromatic N) is 1. The summed E-state index contributed by atoms with van der Waals surface area (Å²) in [7, 11) is 0. The molecule has 6 nitrogen and oxygen atoms in total. The van der Waals surface area contributed by atoms with Gasteiger partial charge < -0.3 is 15.2 Å². The van der Waals surface area contributed by atoms with Crippen LogP contribution in [0.3, 0.4) is 0 Å². The lowest BCUT2D eigenvalue weighted by Gasteiger charge is -2.07. The highest BCUT2D eigenvalue weighted by molar-refractivity contribution is 7.99. The van der Waals surface area contributed by atoms with Crippen LogP contribution in [0, 0.1) is 11.3 Å². The molecule has 1 aromatic carbocycles. The lowest BCUT2D eigenvalue weighted by Crippen LogP contribution is -2.30. The minimum Gasteiger partial charge on any atom is -0.484 e. The van der Waals surface area contributed by atoms with E-state index in [0.717, 1.165) is 5.56 Å². The maximum atomic E-state index is 11.5. The molecule has 1 rings (SSSR count). The average Bonchev–Trinajstić information content (AvgIpc) is 2.46. The van der Waals surface area contributed by atoms with Gasteiger partial charge in [0, 0.05) is 12.3 Å². The molecule has 0 spiro atoms. The Morgan fingerprint density at radius 1 is 1.33 bits per heavy atom. The first-order valence-corrected chi connectivity index (χ1v) is 7.42. The fraction of sp³-hybridized carbons (Fsp3) is 0.357. The number of amides is 1. The third-order valence-corrected chi connectivity index (χ3v) is 3.31. The second-order valence-electron chi connectivity index (χ2n) is 4.06. The molecule has 112 valence electrons. The van der Waals surface area contributed by atoms with Crippen molar-refractivity contribution >= 4 is 23.6 Å². The van der Waals surface area contributed by atoms with E-state index in [1.807, 2.05) is 0 Å². The zero-order chi connectivity index (χ0) is 15.5. The predicted octanol–water partition coefficient (Wildman–Crippen LogP) is 1.07. The number of benzene rings is 1. The molecule has 1 amide bonds. The number of rotatable bonds is 9. The Morgan fingerprint density at radius 2 is 2.05 bits per heavy atom. The van der Waals surface area contributed by atoms with E-state index < -0.39 is 5.97 Å². The lowest BCUT2D eigenvalue weighted by atomic mass is 10.2. The lowest BCUT2D eigenvalue weighted by molar-refractivity contribution is -0.133. The minimum atomic E-state index is -0.866. The van der Waals surface area contributed by atoms with Crippen molar-refractivity contribution in [3.05, 3.63) is 29.8 Å². The summed E-state index contributed by atoms with van der Waals surface area (Å²) in [6.45, 7) is 0.308. The van der Waals surface area contributed by atoms with Crippen LogP contribution in [0.15, 0.2) is 24.3 Å². The molecule has 21 heavy (non-hydrogen) atoms. The number of ether oxygens (including phenoxy) is 1. The molecule has 0 aliphatic heterocycles. The SMILES string of the molecule is N#CCc1ccc(OCC(=O)NCCSCC(=O)O)cc1. The Kier molecular flexibility index (Phi) is 7.76. The number of carboxylic acids is 1. The number of thioether (sulfide) groups is 1. The molecule has 0 atom stereocenters. The molecule has 1 aromatic rings. The highest BCUT2D eigenvalue weighted by Crippen LogP contribution is 2.12. The number of nitriles is 1. The smallest absolute Gasteiger partial charge is 0.313 e. The van der Waals surface area contributed by atoms with Gasteiger partial charge in [-0.15, -0.1) is 11.8 Å². The van der Waals surface area contributed by atoms with Crippen LogP contribution >= 0.6 is 11.8 Å². The van der Waals surface area contributed by atoms with Crippen LogP contribution in [0.2, 0.25) is 0 Å². The molecule has 2 N–H and O–H groups in total. The Balaban J connectivity index is 2.17. The summed E-state index contributed by atoms with van der Waals surface area (Å²) in [6, 6.07) is 9.03. The van der Waals surface area contributed by atoms with Gasteiger partial charge in [0.25, 0.3) is 5.91 Å². The van der Waals surface area contributed by atoms with Crippen molar-refractivity contribution in [1.82, 2.24) is 5.32 Å². The van der Waals surface area contributed by atoms with E-state index in [2.05, 4.69) is 11.4 Å². The molecule has 0 fully saturated rings. The van der Waals surface area contributed by atoms with Crippen molar-refractivity contribution in [2.75, 3.05) is 24.7 Å². The zero-order valence-corrected chi connectivity index (χ0v) is 12.2. The van der Waals surface area contributed by atoms with Crippen molar-refractivity contribution in [2.24, 2.45) is 0 Å². The largest absolute Gasteiger partial charge is 0.484 e. The summed E-state index contributed by atoms with van der Waals surface area (Å²) in [4.78, 5) is 21.8. The Bertz CT molecular complexity index is 511. The molecule has 0 aromatic heterocycles. The summed E-state index contributed by atoms with van der Waals surface area (Å²) in [5.74, 6) is 0.0103. The third kappa shape index (κ3) is 7.84. The normalized spacial score (nSPS) is 9.67. The molecule has 0 saturated carbocycles. The zero-order valence-electron chi connectivity index (χ0n) is 11.4. The van der Waals surface area contributed by atoms with Crippen LogP contribution in [0.4, 0.5) is 0 Å². The number of carbonyl (C=O) groups excluding carboxylic acids is 1. The van der Waals surface area contributed by atoms with Gasteiger partial charge in [-0.25, -0.2) is 0 Å². The van der Waals surface area contributed by atoms with E-state index in [9.17, 15) is 9.59 Å². The van der Waals surface area contributed by atoms with Crippen LogP contribution in [0.25, 0.3) is 0 Å². The van der Waals surface area contributed by atoms with Gasteiger partial charge in [-0.05, 0) is 17.7 Å². The van der Waals surface area contributed by atoms with Crippen molar-refractivity contribution in [3.8, 4) is 11.8 Å². The van der Waals surface area contributed by atoms with Crippen LogP contribution in [-0.2, 0) is 16.0 Å². The average molecular weight is 308 g/mol. The minimum absolute atomic E-state index is 0.0292. The van der Waals surface area contributed by atoms with Crippen LogP contribution < -0.4 is 10.1 Å².